The third-order valence-corrected chi connectivity index (χ3v) is 4.85. The van der Waals surface area contributed by atoms with Crippen LogP contribution < -0.4 is 14.2 Å². The van der Waals surface area contributed by atoms with Crippen molar-refractivity contribution in [1.82, 2.24) is 0 Å². The molecule has 2 aromatic rings. The predicted molar refractivity (Wildman–Crippen MR) is 125 cm³/mol. The number of ketones is 2. The second kappa shape index (κ2) is 12.3. The van der Waals surface area contributed by atoms with Crippen molar-refractivity contribution in [3.05, 3.63) is 77.9 Å². The molecule has 0 saturated heterocycles. The summed E-state index contributed by atoms with van der Waals surface area (Å²) in [6.45, 7) is 3.48. The van der Waals surface area contributed by atoms with E-state index in [2.05, 4.69) is 6.58 Å². The Hall–Kier alpha value is -3.64. The standard InChI is InChI=1S/C26H28O6/c1-5-6-21(22(28)11-7-18-9-13-24(30-2)20(15-18)17-27)23(29)12-8-19-10-14-25(31-3)26(16-19)32-4/h5,7-16,21,27H,1,6,17H2,2-4H3. The number of hydrogen-bond acceptors (Lipinski definition) is 6. The molecule has 0 radical (unpaired) electrons. The Kier molecular flexibility index (Phi) is 9.44. The maximum Gasteiger partial charge on any atom is 0.166 e. The highest BCUT2D eigenvalue weighted by Crippen LogP contribution is 2.28. The number of benzene rings is 2. The van der Waals surface area contributed by atoms with Gasteiger partial charge in [-0.05, 0) is 54.0 Å². The molecule has 32 heavy (non-hydrogen) atoms. The van der Waals surface area contributed by atoms with Crippen molar-refractivity contribution in [2.75, 3.05) is 21.3 Å². The number of aliphatic hydroxyl groups excluding tert-OH is 1. The highest BCUT2D eigenvalue weighted by atomic mass is 16.5. The monoisotopic (exact) mass is 436 g/mol. The lowest BCUT2D eigenvalue weighted by Crippen LogP contribution is -2.20. The quantitative estimate of drug-likeness (QED) is 0.304. The number of methoxy groups -OCH3 is 3. The van der Waals surface area contributed by atoms with E-state index in [0.29, 0.717) is 28.4 Å². The van der Waals surface area contributed by atoms with Crippen LogP contribution in [0, 0.1) is 5.92 Å². The van der Waals surface area contributed by atoms with Crippen molar-refractivity contribution in [3.8, 4) is 17.2 Å². The van der Waals surface area contributed by atoms with E-state index in [4.69, 9.17) is 14.2 Å². The van der Waals surface area contributed by atoms with E-state index in [0.717, 1.165) is 5.56 Å². The van der Waals surface area contributed by atoms with E-state index in [1.807, 2.05) is 0 Å². The number of rotatable bonds is 12. The van der Waals surface area contributed by atoms with Gasteiger partial charge in [0.2, 0.25) is 0 Å². The summed E-state index contributed by atoms with van der Waals surface area (Å²) < 4.78 is 15.7. The van der Waals surface area contributed by atoms with Crippen LogP contribution in [0.15, 0.2) is 61.2 Å². The van der Waals surface area contributed by atoms with Gasteiger partial charge in [-0.1, -0.05) is 30.4 Å². The first-order valence-corrected chi connectivity index (χ1v) is 10.0. The summed E-state index contributed by atoms with van der Waals surface area (Å²) in [6.07, 6.45) is 7.78. The zero-order valence-corrected chi connectivity index (χ0v) is 18.5. The highest BCUT2D eigenvalue weighted by Gasteiger charge is 2.21. The molecular formula is C26H28O6. The minimum absolute atomic E-state index is 0.183. The Morgan fingerprint density at radius 2 is 1.41 bits per heavy atom. The molecule has 6 nitrogen and oxygen atoms in total. The average Bonchev–Trinajstić information content (AvgIpc) is 2.83. The number of aliphatic hydroxyl groups is 1. The molecular weight excluding hydrogens is 408 g/mol. The SMILES string of the molecule is C=CCC(C(=O)C=Cc1ccc(OC)c(CO)c1)C(=O)C=Cc1ccc(OC)c(OC)c1. The Labute approximate surface area is 188 Å². The van der Waals surface area contributed by atoms with Gasteiger partial charge in [0.05, 0.1) is 33.9 Å². The van der Waals surface area contributed by atoms with Gasteiger partial charge in [-0.25, -0.2) is 0 Å². The van der Waals surface area contributed by atoms with Gasteiger partial charge in [0.15, 0.2) is 23.1 Å². The average molecular weight is 437 g/mol. The second-order valence-electron chi connectivity index (χ2n) is 6.89. The predicted octanol–water partition coefficient (Wildman–Crippen LogP) is 4.26. The smallest absolute Gasteiger partial charge is 0.166 e. The van der Waals surface area contributed by atoms with Gasteiger partial charge in [0.25, 0.3) is 0 Å². The van der Waals surface area contributed by atoms with Gasteiger partial charge in [-0.15, -0.1) is 6.58 Å². The summed E-state index contributed by atoms with van der Waals surface area (Å²) in [4.78, 5) is 25.4. The first-order valence-electron chi connectivity index (χ1n) is 10.0. The van der Waals surface area contributed by atoms with Crippen LogP contribution in [0.25, 0.3) is 12.2 Å². The molecule has 2 rings (SSSR count). The molecule has 0 aliphatic rings. The molecule has 0 aromatic heterocycles. The van der Waals surface area contributed by atoms with Crippen LogP contribution in [0.3, 0.4) is 0 Å². The van der Waals surface area contributed by atoms with E-state index in [1.54, 1.807) is 61.7 Å². The van der Waals surface area contributed by atoms with Crippen molar-refractivity contribution < 1.29 is 28.9 Å². The minimum Gasteiger partial charge on any atom is -0.496 e. The molecule has 0 amide bonds. The zero-order chi connectivity index (χ0) is 23.5. The normalized spacial score (nSPS) is 12.0. The van der Waals surface area contributed by atoms with Gasteiger partial charge in [-0.3, -0.25) is 9.59 Å². The Morgan fingerprint density at radius 1 is 0.875 bits per heavy atom. The summed E-state index contributed by atoms with van der Waals surface area (Å²) in [5.41, 5.74) is 2.07. The van der Waals surface area contributed by atoms with Gasteiger partial charge >= 0.3 is 0 Å². The van der Waals surface area contributed by atoms with E-state index < -0.39 is 5.92 Å². The van der Waals surface area contributed by atoms with Crippen molar-refractivity contribution in [2.45, 2.75) is 13.0 Å². The molecule has 6 heteroatoms. The topological polar surface area (TPSA) is 82.1 Å². The van der Waals surface area contributed by atoms with Crippen molar-refractivity contribution in [3.63, 3.8) is 0 Å². The molecule has 0 heterocycles. The van der Waals surface area contributed by atoms with E-state index in [9.17, 15) is 14.7 Å². The van der Waals surface area contributed by atoms with Gasteiger partial charge in [0.1, 0.15) is 5.75 Å². The summed E-state index contributed by atoms with van der Waals surface area (Å²) >= 11 is 0. The first kappa shape index (κ1) is 24.6. The summed E-state index contributed by atoms with van der Waals surface area (Å²) in [5, 5.41) is 9.45. The number of ether oxygens (including phenoxy) is 3. The van der Waals surface area contributed by atoms with Gasteiger partial charge in [-0.2, -0.15) is 0 Å². The molecule has 1 unspecified atom stereocenters. The molecule has 0 aliphatic heterocycles. The first-order chi connectivity index (χ1) is 15.5. The lowest BCUT2D eigenvalue weighted by Gasteiger charge is -2.09. The van der Waals surface area contributed by atoms with Gasteiger partial charge in [0, 0.05) is 5.56 Å². The summed E-state index contributed by atoms with van der Waals surface area (Å²) in [7, 11) is 4.61. The van der Waals surface area contributed by atoms with Crippen LogP contribution in [0.5, 0.6) is 17.2 Å². The zero-order valence-electron chi connectivity index (χ0n) is 18.5. The third kappa shape index (κ3) is 6.43. The van der Waals surface area contributed by atoms with Gasteiger partial charge < -0.3 is 19.3 Å². The number of carbonyl (C=O) groups is 2. The molecule has 2 aromatic carbocycles. The minimum atomic E-state index is -0.865. The van der Waals surface area contributed by atoms with Crippen LogP contribution in [-0.4, -0.2) is 38.0 Å². The molecule has 0 saturated carbocycles. The van der Waals surface area contributed by atoms with Crippen LogP contribution in [-0.2, 0) is 16.2 Å². The highest BCUT2D eigenvalue weighted by molar-refractivity contribution is 6.13. The Bertz CT molecular complexity index is 941. The Morgan fingerprint density at radius 3 is 1.91 bits per heavy atom. The summed E-state index contributed by atoms with van der Waals surface area (Å²) in [5.74, 6) is 0.189. The molecule has 0 aliphatic carbocycles. The largest absolute Gasteiger partial charge is 0.496 e. The van der Waals surface area contributed by atoms with E-state index >= 15 is 0 Å². The number of carbonyl (C=O) groups excluding carboxylic acids is 2. The molecule has 1 N–H and O–H groups in total. The Balaban J connectivity index is 2.17. The fraction of sp³-hybridized carbons (Fsp3) is 0.231. The fourth-order valence-corrected chi connectivity index (χ4v) is 3.11. The van der Waals surface area contributed by atoms with E-state index in [1.165, 1.54) is 26.4 Å². The van der Waals surface area contributed by atoms with Crippen molar-refractivity contribution in [1.29, 1.82) is 0 Å². The lowest BCUT2D eigenvalue weighted by molar-refractivity contribution is -0.127. The van der Waals surface area contributed by atoms with Crippen LogP contribution in [0.4, 0.5) is 0 Å². The third-order valence-electron chi connectivity index (χ3n) is 4.85. The van der Waals surface area contributed by atoms with Crippen LogP contribution in [0.2, 0.25) is 0 Å². The maximum atomic E-state index is 12.7. The second-order valence-corrected chi connectivity index (χ2v) is 6.89. The number of allylic oxidation sites excluding steroid dienone is 3. The molecule has 168 valence electrons. The fourth-order valence-electron chi connectivity index (χ4n) is 3.11. The lowest BCUT2D eigenvalue weighted by atomic mass is 9.93. The molecule has 0 spiro atoms. The van der Waals surface area contributed by atoms with E-state index in [-0.39, 0.29) is 24.6 Å². The van der Waals surface area contributed by atoms with Crippen molar-refractivity contribution in [2.24, 2.45) is 5.92 Å². The number of hydrogen-bond donors (Lipinski definition) is 1. The molecule has 0 fully saturated rings. The summed E-state index contributed by atoms with van der Waals surface area (Å²) in [6, 6.07) is 10.5. The van der Waals surface area contributed by atoms with Crippen LogP contribution in [0.1, 0.15) is 23.1 Å². The maximum absolute atomic E-state index is 12.7. The molecule has 1 atom stereocenters. The molecule has 0 bridgehead atoms. The van der Waals surface area contributed by atoms with Crippen LogP contribution >= 0.6 is 0 Å². The van der Waals surface area contributed by atoms with Crippen molar-refractivity contribution >= 4 is 23.7 Å².